The maximum atomic E-state index is 11.8. The number of carbonyl (C=O) groups is 1. The van der Waals surface area contributed by atoms with Crippen LogP contribution in [0.4, 0.5) is 8.78 Å². The summed E-state index contributed by atoms with van der Waals surface area (Å²) in [5.74, 6) is -0.665. The quantitative estimate of drug-likeness (QED) is 0.842. The predicted octanol–water partition coefficient (Wildman–Crippen LogP) is 2.38. The van der Waals surface area contributed by atoms with Crippen molar-refractivity contribution in [2.75, 3.05) is 6.54 Å². The van der Waals surface area contributed by atoms with Gasteiger partial charge in [0, 0.05) is 5.56 Å². The van der Waals surface area contributed by atoms with E-state index in [1.54, 1.807) is 0 Å². The van der Waals surface area contributed by atoms with Crippen molar-refractivity contribution < 1.29 is 13.6 Å². The molecule has 0 aromatic carbocycles. The minimum Gasteiger partial charge on any atom is -0.346 e. The summed E-state index contributed by atoms with van der Waals surface area (Å²) in [5, 5.41) is 2.08. The van der Waals surface area contributed by atoms with Crippen LogP contribution in [0.15, 0.2) is 12.1 Å². The van der Waals surface area contributed by atoms with E-state index in [1.807, 2.05) is 5.32 Å². The van der Waals surface area contributed by atoms with Gasteiger partial charge >= 0.3 is 0 Å². The lowest BCUT2D eigenvalue weighted by molar-refractivity contribution is 0.0891. The smallest absolute Gasteiger partial charge is 0.255 e. The number of hydrogen-bond donors (Lipinski definition) is 1. The van der Waals surface area contributed by atoms with Gasteiger partial charge in [-0.3, -0.25) is 4.79 Å². The number of halogens is 4. The molecule has 0 bridgehead atoms. The number of nitrogens with one attached hydrogen (secondary N) is 1. The molecule has 1 rings (SSSR count). The minimum absolute atomic E-state index is 0.0321. The summed E-state index contributed by atoms with van der Waals surface area (Å²) in [4.78, 5) is 14.9. The van der Waals surface area contributed by atoms with Crippen molar-refractivity contribution in [1.82, 2.24) is 10.3 Å². The summed E-state index contributed by atoms with van der Waals surface area (Å²) in [6.07, 6.45) is -2.60. The monoisotopic (exact) mass is 254 g/mol. The van der Waals surface area contributed by atoms with Crippen LogP contribution in [0.3, 0.4) is 0 Å². The molecule has 0 aliphatic heterocycles. The largest absolute Gasteiger partial charge is 0.346 e. The first-order valence-corrected chi connectivity index (χ1v) is 4.64. The summed E-state index contributed by atoms with van der Waals surface area (Å²) < 4.78 is 23.6. The first-order valence-electron chi connectivity index (χ1n) is 3.88. The molecule has 1 amide bonds. The second-order valence-corrected chi connectivity index (χ2v) is 3.38. The molecule has 1 N–H and O–H groups in total. The molecule has 15 heavy (non-hydrogen) atoms. The van der Waals surface area contributed by atoms with E-state index < -0.39 is 18.9 Å². The number of carbonyl (C=O) groups excluding carboxylic acids is 1. The zero-order chi connectivity index (χ0) is 11.4. The molecular formula is C8H6Cl2F2N2O. The van der Waals surface area contributed by atoms with Gasteiger partial charge in [-0.15, -0.1) is 0 Å². The minimum atomic E-state index is -2.60. The Balaban J connectivity index is 2.73. The average Bonchev–Trinajstić information content (AvgIpc) is 2.12. The van der Waals surface area contributed by atoms with Crippen LogP contribution < -0.4 is 5.32 Å². The van der Waals surface area contributed by atoms with E-state index in [4.69, 9.17) is 23.2 Å². The Morgan fingerprint density at radius 3 is 2.40 bits per heavy atom. The number of nitrogens with zero attached hydrogens (tertiary/aromatic N) is 1. The van der Waals surface area contributed by atoms with Crippen LogP contribution in [0.2, 0.25) is 10.3 Å². The zero-order valence-corrected chi connectivity index (χ0v) is 8.82. The highest BCUT2D eigenvalue weighted by Gasteiger charge is 2.10. The molecule has 0 saturated heterocycles. The van der Waals surface area contributed by atoms with Crippen LogP contribution in [-0.2, 0) is 0 Å². The van der Waals surface area contributed by atoms with Crippen molar-refractivity contribution in [3.05, 3.63) is 28.0 Å². The van der Waals surface area contributed by atoms with Gasteiger partial charge in [-0.1, -0.05) is 23.2 Å². The summed E-state index contributed by atoms with van der Waals surface area (Å²) in [6, 6.07) is 2.49. The highest BCUT2D eigenvalue weighted by molar-refractivity contribution is 6.33. The summed E-state index contributed by atoms with van der Waals surface area (Å²) in [7, 11) is 0. The first kappa shape index (κ1) is 12.1. The molecule has 0 fully saturated rings. The summed E-state index contributed by atoms with van der Waals surface area (Å²) >= 11 is 11.1. The molecule has 0 unspecified atom stereocenters. The van der Waals surface area contributed by atoms with Crippen LogP contribution in [0.5, 0.6) is 0 Å². The van der Waals surface area contributed by atoms with E-state index in [-0.39, 0.29) is 15.9 Å². The van der Waals surface area contributed by atoms with Crippen LogP contribution in [0.1, 0.15) is 10.4 Å². The van der Waals surface area contributed by atoms with E-state index in [0.717, 1.165) is 0 Å². The van der Waals surface area contributed by atoms with Gasteiger partial charge in [0.05, 0.1) is 6.54 Å². The molecule has 0 spiro atoms. The number of aromatic nitrogens is 1. The molecule has 1 aromatic rings. The Kier molecular flexibility index (Phi) is 4.23. The van der Waals surface area contributed by atoms with Gasteiger partial charge in [-0.25, -0.2) is 13.8 Å². The number of alkyl halides is 2. The number of rotatable bonds is 3. The number of hydrogen-bond acceptors (Lipinski definition) is 2. The van der Waals surface area contributed by atoms with E-state index in [2.05, 4.69) is 4.98 Å². The van der Waals surface area contributed by atoms with E-state index in [9.17, 15) is 13.6 Å². The van der Waals surface area contributed by atoms with Crippen molar-refractivity contribution in [2.45, 2.75) is 6.43 Å². The highest BCUT2D eigenvalue weighted by atomic mass is 35.5. The van der Waals surface area contributed by atoms with Gasteiger partial charge < -0.3 is 5.32 Å². The SMILES string of the molecule is O=C(NCC(F)F)c1cc(Cl)nc(Cl)c1. The molecule has 1 heterocycles. The van der Waals surface area contributed by atoms with Crippen LogP contribution in [0, 0.1) is 0 Å². The predicted molar refractivity (Wildman–Crippen MR) is 52.6 cm³/mol. The zero-order valence-electron chi connectivity index (χ0n) is 7.31. The fraction of sp³-hybridized carbons (Fsp3) is 0.250. The Bertz CT molecular complexity index is 353. The average molecular weight is 255 g/mol. The Hall–Kier alpha value is -0.940. The molecule has 0 atom stereocenters. The van der Waals surface area contributed by atoms with Gasteiger partial charge in [-0.05, 0) is 12.1 Å². The van der Waals surface area contributed by atoms with E-state index in [1.165, 1.54) is 12.1 Å². The molecule has 1 aromatic heterocycles. The molecule has 3 nitrogen and oxygen atoms in total. The summed E-state index contributed by atoms with van der Waals surface area (Å²) in [6.45, 7) is -0.712. The first-order chi connectivity index (χ1) is 6.99. The highest BCUT2D eigenvalue weighted by Crippen LogP contribution is 2.14. The second kappa shape index (κ2) is 5.23. The van der Waals surface area contributed by atoms with E-state index >= 15 is 0 Å². The van der Waals surface area contributed by atoms with Crippen molar-refractivity contribution in [3.8, 4) is 0 Å². The lowest BCUT2D eigenvalue weighted by Gasteiger charge is -2.04. The standard InChI is InChI=1S/C8H6Cl2F2N2O/c9-5-1-4(2-6(10)14-5)8(15)13-3-7(11)12/h1-2,7H,3H2,(H,13,15). The molecule has 0 aliphatic carbocycles. The van der Waals surface area contributed by atoms with Gasteiger partial charge in [0.2, 0.25) is 0 Å². The number of pyridine rings is 1. The third-order valence-corrected chi connectivity index (χ3v) is 1.83. The van der Waals surface area contributed by atoms with Crippen molar-refractivity contribution in [3.63, 3.8) is 0 Å². The molecule has 0 aliphatic rings. The number of amides is 1. The Morgan fingerprint density at radius 2 is 1.93 bits per heavy atom. The Labute approximate surface area is 94.4 Å². The molecule has 7 heteroatoms. The van der Waals surface area contributed by atoms with Gasteiger partial charge in [-0.2, -0.15) is 0 Å². The summed E-state index contributed by atoms with van der Waals surface area (Å²) in [5.41, 5.74) is 0.0978. The topological polar surface area (TPSA) is 42.0 Å². The fourth-order valence-corrected chi connectivity index (χ4v) is 1.33. The van der Waals surface area contributed by atoms with Crippen LogP contribution >= 0.6 is 23.2 Å². The van der Waals surface area contributed by atoms with E-state index in [0.29, 0.717) is 0 Å². The third kappa shape index (κ3) is 3.97. The van der Waals surface area contributed by atoms with Crippen molar-refractivity contribution in [1.29, 1.82) is 0 Å². The lowest BCUT2D eigenvalue weighted by Crippen LogP contribution is -2.28. The molecular weight excluding hydrogens is 249 g/mol. The third-order valence-electron chi connectivity index (χ3n) is 1.44. The molecule has 82 valence electrons. The van der Waals surface area contributed by atoms with Gasteiger partial charge in [0.1, 0.15) is 10.3 Å². The Morgan fingerprint density at radius 1 is 1.40 bits per heavy atom. The van der Waals surface area contributed by atoms with Crippen LogP contribution in [0.25, 0.3) is 0 Å². The van der Waals surface area contributed by atoms with Gasteiger partial charge in [0.25, 0.3) is 12.3 Å². The maximum Gasteiger partial charge on any atom is 0.255 e. The van der Waals surface area contributed by atoms with Crippen LogP contribution in [-0.4, -0.2) is 23.9 Å². The fourth-order valence-electron chi connectivity index (χ4n) is 0.868. The van der Waals surface area contributed by atoms with Crippen molar-refractivity contribution in [2.24, 2.45) is 0 Å². The lowest BCUT2D eigenvalue weighted by atomic mass is 10.2. The second-order valence-electron chi connectivity index (χ2n) is 2.60. The maximum absolute atomic E-state index is 11.8. The van der Waals surface area contributed by atoms with Crippen molar-refractivity contribution >= 4 is 29.1 Å². The normalized spacial score (nSPS) is 10.5. The molecule has 0 saturated carbocycles. The molecule has 0 radical (unpaired) electrons. The van der Waals surface area contributed by atoms with Gasteiger partial charge in [0.15, 0.2) is 0 Å².